The number of aryl methyl sites for hydroxylation is 3. The minimum Gasteiger partial charge on any atom is -0.471 e. The molecular weight excluding hydrogens is 444 g/mol. The lowest BCUT2D eigenvalue weighted by atomic mass is 10.2. The van der Waals surface area contributed by atoms with Crippen molar-refractivity contribution in [3.05, 3.63) is 59.7 Å². The fourth-order valence-corrected chi connectivity index (χ4v) is 5.34. The fourth-order valence-electron chi connectivity index (χ4n) is 3.75. The first kappa shape index (κ1) is 23.0. The number of rotatable bonds is 7. The summed E-state index contributed by atoms with van der Waals surface area (Å²) in [5, 5.41) is 8.57. The van der Waals surface area contributed by atoms with Crippen LogP contribution in [0.2, 0.25) is 0 Å². The Bertz CT molecular complexity index is 1240. The number of carbonyl (C=O) groups is 1. The molecule has 0 saturated carbocycles. The molecule has 33 heavy (non-hydrogen) atoms. The van der Waals surface area contributed by atoms with Crippen LogP contribution in [0.25, 0.3) is 0 Å². The molecule has 1 aliphatic rings. The minimum absolute atomic E-state index is 0.189. The predicted molar refractivity (Wildman–Crippen MR) is 121 cm³/mol. The third kappa shape index (κ3) is 4.79. The van der Waals surface area contributed by atoms with Gasteiger partial charge in [0.05, 0.1) is 5.69 Å². The molecule has 10 nitrogen and oxygen atoms in total. The Labute approximate surface area is 193 Å². The molecule has 3 heterocycles. The highest BCUT2D eigenvalue weighted by Gasteiger charge is 2.33. The van der Waals surface area contributed by atoms with E-state index in [1.165, 1.54) is 4.31 Å². The van der Waals surface area contributed by atoms with Gasteiger partial charge in [0.1, 0.15) is 10.6 Å². The van der Waals surface area contributed by atoms with Crippen molar-refractivity contribution in [1.29, 1.82) is 0 Å². The van der Waals surface area contributed by atoms with Gasteiger partial charge < -0.3 is 9.64 Å². The molecule has 0 radical (unpaired) electrons. The number of hydrogen-bond acceptors (Lipinski definition) is 6. The van der Waals surface area contributed by atoms with Crippen LogP contribution in [-0.2, 0) is 23.3 Å². The Balaban J connectivity index is 1.36. The molecule has 0 spiro atoms. The third-order valence-corrected chi connectivity index (χ3v) is 7.68. The summed E-state index contributed by atoms with van der Waals surface area (Å²) in [5.41, 5.74) is 1.81. The lowest BCUT2D eigenvalue weighted by molar-refractivity contribution is 0.0690. The Hall–Kier alpha value is -3.18. The second-order valence-corrected chi connectivity index (χ2v) is 9.82. The molecule has 1 aromatic carbocycles. The number of sulfonamides is 1. The van der Waals surface area contributed by atoms with Crippen molar-refractivity contribution in [3.63, 3.8) is 0 Å². The van der Waals surface area contributed by atoms with E-state index >= 15 is 0 Å². The zero-order valence-electron chi connectivity index (χ0n) is 19.0. The van der Waals surface area contributed by atoms with Gasteiger partial charge in [-0.2, -0.15) is 14.5 Å². The maximum atomic E-state index is 13.0. The summed E-state index contributed by atoms with van der Waals surface area (Å²) >= 11 is 0. The molecule has 3 aromatic rings. The van der Waals surface area contributed by atoms with Gasteiger partial charge in [-0.3, -0.25) is 9.48 Å². The van der Waals surface area contributed by atoms with Crippen LogP contribution >= 0.6 is 0 Å². The number of benzene rings is 1. The fraction of sp³-hybridized carbons (Fsp3) is 0.409. The van der Waals surface area contributed by atoms with Crippen molar-refractivity contribution < 1.29 is 17.9 Å². The Kier molecular flexibility index (Phi) is 6.52. The molecule has 0 aliphatic carbocycles. The van der Waals surface area contributed by atoms with E-state index in [4.69, 9.17) is 4.74 Å². The van der Waals surface area contributed by atoms with E-state index in [9.17, 15) is 13.2 Å². The second kappa shape index (κ2) is 9.36. The number of aromatic nitrogens is 4. The van der Waals surface area contributed by atoms with Gasteiger partial charge in [-0.15, -0.1) is 0 Å². The van der Waals surface area contributed by atoms with Crippen molar-refractivity contribution in [3.8, 4) is 5.75 Å². The van der Waals surface area contributed by atoms with Crippen LogP contribution < -0.4 is 4.74 Å². The summed E-state index contributed by atoms with van der Waals surface area (Å²) in [6, 6.07) is 9.33. The minimum atomic E-state index is -3.65. The Morgan fingerprint density at radius 1 is 1.03 bits per heavy atom. The first-order valence-corrected chi connectivity index (χ1v) is 12.3. The quantitative estimate of drug-likeness (QED) is 0.520. The molecule has 176 valence electrons. The zero-order valence-corrected chi connectivity index (χ0v) is 19.8. The molecule has 1 fully saturated rings. The first-order valence-electron chi connectivity index (χ1n) is 10.8. The van der Waals surface area contributed by atoms with E-state index in [2.05, 4.69) is 10.2 Å². The van der Waals surface area contributed by atoms with E-state index in [1.54, 1.807) is 39.6 Å². The van der Waals surface area contributed by atoms with Crippen LogP contribution in [0.3, 0.4) is 0 Å². The van der Waals surface area contributed by atoms with E-state index in [0.29, 0.717) is 31.0 Å². The van der Waals surface area contributed by atoms with Crippen LogP contribution in [0.4, 0.5) is 0 Å². The average Bonchev–Trinajstić information content (AvgIpc) is 3.45. The number of nitrogens with zero attached hydrogens (tertiary/aromatic N) is 6. The number of ether oxygens (including phenoxy) is 1. The molecule has 0 N–H and O–H groups in total. The second-order valence-electron chi connectivity index (χ2n) is 7.91. The standard InChI is InChI=1S/C22H28N6O4S/c1-4-26-15-21(18(3)23-26)33(30,31)28-13-11-25(12-14-28)22(29)19-9-10-27(24-19)16-32-20-8-6-5-7-17(20)2/h5-10,15H,4,11-14,16H2,1-3H3. The van der Waals surface area contributed by atoms with Crippen LogP contribution in [0.5, 0.6) is 5.75 Å². The first-order chi connectivity index (χ1) is 15.8. The number of hydrogen-bond donors (Lipinski definition) is 0. The summed E-state index contributed by atoms with van der Waals surface area (Å²) in [7, 11) is -3.65. The molecule has 4 rings (SSSR count). The highest BCUT2D eigenvalue weighted by molar-refractivity contribution is 7.89. The summed E-state index contributed by atoms with van der Waals surface area (Å²) in [5.74, 6) is 0.537. The van der Waals surface area contributed by atoms with Crippen molar-refractivity contribution >= 4 is 15.9 Å². The third-order valence-electron chi connectivity index (χ3n) is 5.67. The smallest absolute Gasteiger partial charge is 0.274 e. The van der Waals surface area contributed by atoms with Crippen LogP contribution in [0.15, 0.2) is 47.6 Å². The van der Waals surface area contributed by atoms with Gasteiger partial charge in [0.2, 0.25) is 10.0 Å². The topological polar surface area (TPSA) is 103 Å². The molecule has 0 atom stereocenters. The molecule has 0 unspecified atom stereocenters. The summed E-state index contributed by atoms with van der Waals surface area (Å²) in [6.45, 7) is 7.39. The Morgan fingerprint density at radius 3 is 2.42 bits per heavy atom. The van der Waals surface area contributed by atoms with E-state index in [1.807, 2.05) is 38.1 Å². The van der Waals surface area contributed by atoms with E-state index in [0.717, 1.165) is 11.3 Å². The molecule has 0 bridgehead atoms. The molecule has 1 amide bonds. The zero-order chi connectivity index (χ0) is 23.6. The lowest BCUT2D eigenvalue weighted by Gasteiger charge is -2.33. The van der Waals surface area contributed by atoms with Crippen molar-refractivity contribution in [1.82, 2.24) is 28.8 Å². The summed E-state index contributed by atoms with van der Waals surface area (Å²) in [4.78, 5) is 14.7. The van der Waals surface area contributed by atoms with E-state index < -0.39 is 10.0 Å². The average molecular weight is 473 g/mol. The largest absolute Gasteiger partial charge is 0.471 e. The Morgan fingerprint density at radius 2 is 1.76 bits per heavy atom. The highest BCUT2D eigenvalue weighted by atomic mass is 32.2. The van der Waals surface area contributed by atoms with Gasteiger partial charge in [-0.05, 0) is 38.5 Å². The molecular formula is C22H28N6O4S. The normalized spacial score (nSPS) is 15.1. The van der Waals surface area contributed by atoms with E-state index in [-0.39, 0.29) is 30.6 Å². The van der Waals surface area contributed by atoms with Crippen LogP contribution in [0, 0.1) is 13.8 Å². The van der Waals surface area contributed by atoms with Crippen molar-refractivity contribution in [2.75, 3.05) is 26.2 Å². The SMILES string of the molecule is CCn1cc(S(=O)(=O)N2CCN(C(=O)c3ccn(COc4ccccc4C)n3)CC2)c(C)n1. The van der Waals surface area contributed by atoms with Gasteiger partial charge >= 0.3 is 0 Å². The summed E-state index contributed by atoms with van der Waals surface area (Å²) < 4.78 is 36.4. The predicted octanol–water partition coefficient (Wildman–Crippen LogP) is 1.90. The summed E-state index contributed by atoms with van der Waals surface area (Å²) in [6.07, 6.45) is 3.26. The van der Waals surface area contributed by atoms with Crippen molar-refractivity contribution in [2.24, 2.45) is 0 Å². The van der Waals surface area contributed by atoms with Gasteiger partial charge in [-0.25, -0.2) is 13.1 Å². The number of amides is 1. The van der Waals surface area contributed by atoms with Gasteiger partial charge in [0, 0.05) is 45.1 Å². The van der Waals surface area contributed by atoms with Gasteiger partial charge in [0.25, 0.3) is 5.91 Å². The maximum absolute atomic E-state index is 13.0. The maximum Gasteiger partial charge on any atom is 0.274 e. The van der Waals surface area contributed by atoms with Crippen LogP contribution in [-0.4, -0.2) is 69.3 Å². The van der Waals surface area contributed by atoms with Gasteiger partial charge in [-0.1, -0.05) is 18.2 Å². The monoisotopic (exact) mass is 472 g/mol. The molecule has 1 saturated heterocycles. The highest BCUT2D eigenvalue weighted by Crippen LogP contribution is 2.21. The lowest BCUT2D eigenvalue weighted by Crippen LogP contribution is -2.50. The van der Waals surface area contributed by atoms with Crippen LogP contribution in [0.1, 0.15) is 28.7 Å². The molecule has 11 heteroatoms. The van der Waals surface area contributed by atoms with Gasteiger partial charge in [0.15, 0.2) is 12.4 Å². The number of para-hydroxylation sites is 1. The number of piperazine rings is 1. The van der Waals surface area contributed by atoms with Crippen molar-refractivity contribution in [2.45, 2.75) is 38.9 Å². The number of carbonyl (C=O) groups excluding carboxylic acids is 1. The molecule has 1 aliphatic heterocycles. The molecule has 2 aromatic heterocycles.